The van der Waals surface area contributed by atoms with Gasteiger partial charge in [0.1, 0.15) is 18.1 Å². The number of hydrogen-bond acceptors (Lipinski definition) is 3. The van der Waals surface area contributed by atoms with Crippen molar-refractivity contribution >= 4 is 17.5 Å². The number of quaternary nitrogens is 2. The van der Waals surface area contributed by atoms with Crippen molar-refractivity contribution in [3.05, 3.63) is 59.9 Å². The second-order valence-corrected chi connectivity index (χ2v) is 7.99. The van der Waals surface area contributed by atoms with E-state index in [1.54, 1.807) is 37.4 Å². The summed E-state index contributed by atoms with van der Waals surface area (Å²) in [4.78, 5) is 28.8. The third-order valence-electron chi connectivity index (χ3n) is 5.51. The number of piperazine rings is 1. The minimum absolute atomic E-state index is 0.0414. The monoisotopic (exact) mass is 430 g/mol. The van der Waals surface area contributed by atoms with E-state index in [0.717, 1.165) is 23.7 Å². The highest BCUT2D eigenvalue weighted by atomic mass is 19.1. The number of likely N-dealkylation sites (N-methyl/N-ethyl adjacent to an activating group) is 1. The highest BCUT2D eigenvalue weighted by Gasteiger charge is 2.26. The third-order valence-corrected chi connectivity index (χ3v) is 5.51. The van der Waals surface area contributed by atoms with Crippen LogP contribution in [0.3, 0.4) is 0 Å². The van der Waals surface area contributed by atoms with E-state index in [9.17, 15) is 14.0 Å². The number of nitrogens with one attached hydrogen (secondary N) is 3. The number of ether oxygens (including phenoxy) is 1. The van der Waals surface area contributed by atoms with E-state index >= 15 is 0 Å². The number of halogens is 1. The highest BCUT2D eigenvalue weighted by molar-refractivity contribution is 5.91. The van der Waals surface area contributed by atoms with Crippen LogP contribution in [0.4, 0.5) is 10.1 Å². The number of carbonyl (C=O) groups is 2. The fraction of sp³-hybridized carbons (Fsp3) is 0.391. The number of methoxy groups -OCH3 is 1. The SMILES string of the molecule is COc1ccc(NC(=O)C[NH+](C)CC(=O)N2CC[NH+](Cc3ccccc3F)CC2)cc1. The van der Waals surface area contributed by atoms with Crippen LogP contribution < -0.4 is 19.9 Å². The average Bonchev–Trinajstić information content (AvgIpc) is 2.76. The van der Waals surface area contributed by atoms with Gasteiger partial charge in [-0.2, -0.15) is 0 Å². The van der Waals surface area contributed by atoms with Crippen molar-refractivity contribution in [2.75, 3.05) is 58.7 Å². The Morgan fingerprint density at radius 1 is 1.10 bits per heavy atom. The summed E-state index contributed by atoms with van der Waals surface area (Å²) in [6.07, 6.45) is 0. The Kier molecular flexibility index (Phi) is 7.97. The molecule has 1 fully saturated rings. The molecule has 8 heteroatoms. The summed E-state index contributed by atoms with van der Waals surface area (Å²) in [5, 5.41) is 2.84. The first-order valence-corrected chi connectivity index (χ1v) is 10.5. The molecule has 2 amide bonds. The molecule has 1 unspecified atom stereocenters. The van der Waals surface area contributed by atoms with Crippen molar-refractivity contribution < 1.29 is 28.5 Å². The van der Waals surface area contributed by atoms with Crippen LogP contribution in [0.1, 0.15) is 5.56 Å². The maximum atomic E-state index is 13.8. The van der Waals surface area contributed by atoms with Crippen molar-refractivity contribution in [2.45, 2.75) is 6.54 Å². The van der Waals surface area contributed by atoms with Crippen LogP contribution in [0, 0.1) is 5.82 Å². The van der Waals surface area contributed by atoms with Gasteiger partial charge < -0.3 is 24.8 Å². The van der Waals surface area contributed by atoms with Gasteiger partial charge >= 0.3 is 0 Å². The fourth-order valence-electron chi connectivity index (χ4n) is 3.75. The Labute approximate surface area is 182 Å². The number of nitrogens with zero attached hydrogens (tertiary/aromatic N) is 1. The third kappa shape index (κ3) is 6.77. The van der Waals surface area contributed by atoms with E-state index in [2.05, 4.69) is 5.32 Å². The Morgan fingerprint density at radius 3 is 2.42 bits per heavy atom. The van der Waals surface area contributed by atoms with Gasteiger partial charge in [-0.05, 0) is 30.3 Å². The zero-order valence-corrected chi connectivity index (χ0v) is 18.1. The van der Waals surface area contributed by atoms with Crippen LogP contribution in [0.5, 0.6) is 5.75 Å². The minimum Gasteiger partial charge on any atom is -0.497 e. The highest BCUT2D eigenvalue weighted by Crippen LogP contribution is 2.14. The maximum absolute atomic E-state index is 13.8. The topological polar surface area (TPSA) is 67.5 Å². The average molecular weight is 431 g/mol. The van der Waals surface area contributed by atoms with E-state index < -0.39 is 0 Å². The van der Waals surface area contributed by atoms with E-state index in [-0.39, 0.29) is 30.7 Å². The van der Waals surface area contributed by atoms with E-state index in [1.165, 1.54) is 11.0 Å². The first kappa shape index (κ1) is 22.7. The van der Waals surface area contributed by atoms with E-state index in [4.69, 9.17) is 4.74 Å². The molecule has 31 heavy (non-hydrogen) atoms. The second kappa shape index (κ2) is 10.9. The van der Waals surface area contributed by atoms with Gasteiger partial charge in [-0.25, -0.2) is 4.39 Å². The summed E-state index contributed by atoms with van der Waals surface area (Å²) in [5.41, 5.74) is 1.41. The van der Waals surface area contributed by atoms with Crippen LogP contribution in [-0.2, 0) is 16.1 Å². The van der Waals surface area contributed by atoms with E-state index in [1.807, 2.05) is 24.1 Å². The van der Waals surface area contributed by atoms with Crippen LogP contribution in [0.15, 0.2) is 48.5 Å². The van der Waals surface area contributed by atoms with Crippen molar-refractivity contribution in [2.24, 2.45) is 0 Å². The van der Waals surface area contributed by atoms with Crippen LogP contribution in [0.2, 0.25) is 0 Å². The molecule has 3 rings (SSSR count). The molecule has 166 valence electrons. The second-order valence-electron chi connectivity index (χ2n) is 7.99. The number of anilines is 1. The lowest BCUT2D eigenvalue weighted by Crippen LogP contribution is -3.14. The largest absolute Gasteiger partial charge is 0.497 e. The van der Waals surface area contributed by atoms with Crippen molar-refractivity contribution in [1.29, 1.82) is 0 Å². The summed E-state index contributed by atoms with van der Waals surface area (Å²) in [5.74, 6) is 0.447. The Balaban J connectivity index is 1.39. The van der Waals surface area contributed by atoms with Crippen molar-refractivity contribution in [3.63, 3.8) is 0 Å². The molecule has 7 nitrogen and oxygen atoms in total. The number of rotatable bonds is 8. The molecule has 0 aromatic heterocycles. The molecule has 0 spiro atoms. The number of amides is 2. The molecule has 1 saturated heterocycles. The van der Waals surface area contributed by atoms with Crippen LogP contribution in [0.25, 0.3) is 0 Å². The number of hydrogen-bond donors (Lipinski definition) is 3. The fourth-order valence-corrected chi connectivity index (χ4v) is 3.75. The molecule has 0 bridgehead atoms. The molecule has 1 heterocycles. The summed E-state index contributed by atoms with van der Waals surface area (Å²) < 4.78 is 19.0. The Bertz CT molecular complexity index is 883. The van der Waals surface area contributed by atoms with Gasteiger partial charge in [0, 0.05) is 11.3 Å². The first-order valence-electron chi connectivity index (χ1n) is 10.5. The standard InChI is InChI=1S/C23H29FN4O3/c1-26(16-22(29)25-19-7-9-20(31-2)10-8-19)17-23(30)28-13-11-27(12-14-28)15-18-5-3-4-6-21(18)24/h3-10H,11-17H2,1-2H3,(H,25,29)/p+2. The van der Waals surface area contributed by atoms with Gasteiger partial charge in [-0.3, -0.25) is 9.59 Å². The van der Waals surface area contributed by atoms with E-state index in [0.29, 0.717) is 30.9 Å². The number of benzene rings is 2. The Hall–Kier alpha value is -2.97. The normalized spacial score (nSPS) is 15.4. The predicted molar refractivity (Wildman–Crippen MR) is 116 cm³/mol. The summed E-state index contributed by atoms with van der Waals surface area (Å²) in [7, 11) is 3.43. The zero-order chi connectivity index (χ0) is 22.2. The quantitative estimate of drug-likeness (QED) is 0.515. The van der Waals surface area contributed by atoms with Gasteiger partial charge in [-0.15, -0.1) is 0 Å². The maximum Gasteiger partial charge on any atom is 0.279 e. The zero-order valence-electron chi connectivity index (χ0n) is 18.1. The van der Waals surface area contributed by atoms with Gasteiger partial charge in [0.2, 0.25) is 0 Å². The van der Waals surface area contributed by atoms with Crippen LogP contribution in [-0.4, -0.2) is 70.1 Å². The molecule has 1 atom stereocenters. The first-order chi connectivity index (χ1) is 14.9. The summed E-state index contributed by atoms with van der Waals surface area (Å²) >= 11 is 0. The molecular formula is C23H31FN4O3+2. The lowest BCUT2D eigenvalue weighted by atomic mass is 10.2. The molecule has 0 aliphatic carbocycles. The smallest absolute Gasteiger partial charge is 0.279 e. The molecule has 1 aliphatic heterocycles. The molecule has 3 N–H and O–H groups in total. The van der Waals surface area contributed by atoms with Gasteiger partial charge in [0.05, 0.1) is 40.3 Å². The summed E-state index contributed by atoms with van der Waals surface area (Å²) in [6, 6.07) is 14.0. The van der Waals surface area contributed by atoms with Gasteiger partial charge in [0.25, 0.3) is 11.8 Å². The van der Waals surface area contributed by atoms with Gasteiger partial charge in [-0.1, -0.05) is 18.2 Å². The lowest BCUT2D eigenvalue weighted by Gasteiger charge is -2.32. The predicted octanol–water partition coefficient (Wildman–Crippen LogP) is -0.785. The molecular weight excluding hydrogens is 399 g/mol. The van der Waals surface area contributed by atoms with Gasteiger partial charge in [0.15, 0.2) is 13.1 Å². The van der Waals surface area contributed by atoms with Crippen molar-refractivity contribution in [3.8, 4) is 5.75 Å². The molecule has 0 radical (unpaired) electrons. The molecule has 0 saturated carbocycles. The molecule has 2 aromatic rings. The molecule has 2 aromatic carbocycles. The van der Waals surface area contributed by atoms with Crippen LogP contribution >= 0.6 is 0 Å². The molecule has 1 aliphatic rings. The Morgan fingerprint density at radius 2 is 1.77 bits per heavy atom. The lowest BCUT2D eigenvalue weighted by molar-refractivity contribution is -0.918. The summed E-state index contributed by atoms with van der Waals surface area (Å²) in [6.45, 7) is 3.97. The number of carbonyl (C=O) groups excluding carboxylic acids is 2. The van der Waals surface area contributed by atoms with Crippen molar-refractivity contribution in [1.82, 2.24) is 4.90 Å². The minimum atomic E-state index is -0.174.